The quantitative estimate of drug-likeness (QED) is 0.781. The lowest BCUT2D eigenvalue weighted by molar-refractivity contribution is 0.0791. The molecule has 3 heterocycles. The van der Waals surface area contributed by atoms with Crippen molar-refractivity contribution in [2.45, 2.75) is 32.2 Å². The van der Waals surface area contributed by atoms with Crippen molar-refractivity contribution >= 4 is 22.6 Å². The molecular formula is C20H24N4O2. The summed E-state index contributed by atoms with van der Waals surface area (Å²) >= 11 is 0. The lowest BCUT2D eigenvalue weighted by Crippen LogP contribution is -2.16. The fraction of sp³-hybridized carbons (Fsp3) is 0.400. The second-order valence-electron chi connectivity index (χ2n) is 6.79. The molecule has 3 aromatic rings. The number of hydrogen-bond acceptors (Lipinski definition) is 3. The van der Waals surface area contributed by atoms with Crippen molar-refractivity contribution in [3.63, 3.8) is 0 Å². The van der Waals surface area contributed by atoms with E-state index in [1.165, 1.54) is 0 Å². The Labute approximate surface area is 152 Å². The first-order chi connectivity index (χ1) is 12.7. The molecule has 1 aromatic carbocycles. The van der Waals surface area contributed by atoms with E-state index in [9.17, 15) is 4.79 Å². The van der Waals surface area contributed by atoms with Gasteiger partial charge in [-0.25, -0.2) is 0 Å². The lowest BCUT2D eigenvalue weighted by atomic mass is 9.99. The predicted octanol–water partition coefficient (Wildman–Crippen LogP) is 3.54. The molecule has 1 saturated heterocycles. The van der Waals surface area contributed by atoms with Gasteiger partial charge in [0.2, 0.25) is 0 Å². The topological polar surface area (TPSA) is 61.1 Å². The van der Waals surface area contributed by atoms with Crippen LogP contribution in [0.5, 0.6) is 0 Å². The number of fused-ring (bicyclic) bond motifs is 1. The molecule has 1 N–H and O–H groups in total. The highest BCUT2D eigenvalue weighted by Gasteiger charge is 2.21. The molecule has 0 aliphatic carbocycles. The van der Waals surface area contributed by atoms with Gasteiger partial charge in [-0.05, 0) is 25.8 Å². The average Bonchev–Trinajstić information content (AvgIpc) is 3.23. The van der Waals surface area contributed by atoms with E-state index in [0.717, 1.165) is 42.6 Å². The predicted molar refractivity (Wildman–Crippen MR) is 102 cm³/mol. The highest BCUT2D eigenvalue weighted by molar-refractivity contribution is 6.12. The first-order valence-corrected chi connectivity index (χ1v) is 9.18. The molecule has 1 amide bonds. The number of benzene rings is 1. The minimum absolute atomic E-state index is 0.108. The molecule has 26 heavy (non-hydrogen) atoms. The Morgan fingerprint density at radius 1 is 1.38 bits per heavy atom. The fourth-order valence-electron chi connectivity index (χ4n) is 3.65. The number of amides is 1. The third-order valence-corrected chi connectivity index (χ3v) is 5.09. The van der Waals surface area contributed by atoms with Gasteiger partial charge in [-0.3, -0.25) is 9.48 Å². The van der Waals surface area contributed by atoms with E-state index in [-0.39, 0.29) is 5.91 Å². The highest BCUT2D eigenvalue weighted by Crippen LogP contribution is 2.27. The first kappa shape index (κ1) is 16.8. The van der Waals surface area contributed by atoms with Crippen molar-refractivity contribution in [2.75, 3.05) is 18.5 Å². The molecule has 1 aliphatic heterocycles. The molecule has 1 unspecified atom stereocenters. The van der Waals surface area contributed by atoms with Gasteiger partial charge in [0.1, 0.15) is 5.82 Å². The monoisotopic (exact) mass is 352 g/mol. The minimum Gasteiger partial charge on any atom is -0.381 e. The average molecular weight is 352 g/mol. The van der Waals surface area contributed by atoms with Crippen LogP contribution >= 0.6 is 0 Å². The molecule has 0 spiro atoms. The number of carbonyl (C=O) groups is 1. The maximum absolute atomic E-state index is 12.9. The Kier molecular flexibility index (Phi) is 4.51. The maximum atomic E-state index is 12.9. The van der Waals surface area contributed by atoms with E-state index in [1.54, 1.807) is 4.68 Å². The number of aryl methyl sites for hydroxylation is 2. The number of ether oxygens (including phenoxy) is 1. The van der Waals surface area contributed by atoms with Gasteiger partial charge in [0.25, 0.3) is 5.91 Å². The Morgan fingerprint density at radius 2 is 2.23 bits per heavy atom. The summed E-state index contributed by atoms with van der Waals surface area (Å²) in [6.45, 7) is 4.43. The third kappa shape index (κ3) is 3.01. The van der Waals surface area contributed by atoms with Crippen molar-refractivity contribution in [3.8, 4) is 0 Å². The summed E-state index contributed by atoms with van der Waals surface area (Å²) in [5.41, 5.74) is 2.75. The largest absolute Gasteiger partial charge is 0.381 e. The Morgan fingerprint density at radius 3 is 3.00 bits per heavy atom. The van der Waals surface area contributed by atoms with Gasteiger partial charge in [-0.1, -0.05) is 18.2 Å². The lowest BCUT2D eigenvalue weighted by Gasteiger charge is -2.19. The molecule has 1 fully saturated rings. The molecule has 1 atom stereocenters. The minimum atomic E-state index is -0.108. The van der Waals surface area contributed by atoms with Gasteiger partial charge >= 0.3 is 0 Å². The molecule has 6 nitrogen and oxygen atoms in total. The van der Waals surface area contributed by atoms with Crippen LogP contribution in [-0.2, 0) is 18.3 Å². The van der Waals surface area contributed by atoms with Gasteiger partial charge in [0.05, 0.1) is 17.9 Å². The summed E-state index contributed by atoms with van der Waals surface area (Å²) in [7, 11) is 1.86. The molecule has 4 rings (SSSR count). The summed E-state index contributed by atoms with van der Waals surface area (Å²) in [6, 6.07) is 9.96. The standard InChI is InChI=1S/C20H24N4O2/c1-3-24-12-16(15-8-4-5-9-18(15)24)20(25)21-19-11-17(22-23(19)2)14-7-6-10-26-13-14/h4-5,8-9,11-12,14H,3,6-7,10,13H2,1-2H3,(H,21,25). The zero-order chi connectivity index (χ0) is 18.1. The van der Waals surface area contributed by atoms with Crippen molar-refractivity contribution in [1.82, 2.24) is 14.3 Å². The third-order valence-electron chi connectivity index (χ3n) is 5.09. The normalized spacial score (nSPS) is 17.5. The summed E-state index contributed by atoms with van der Waals surface area (Å²) in [5.74, 6) is 0.911. The van der Waals surface area contributed by atoms with Gasteiger partial charge in [0, 0.05) is 49.3 Å². The summed E-state index contributed by atoms with van der Waals surface area (Å²) in [5, 5.41) is 8.57. The van der Waals surface area contributed by atoms with Gasteiger partial charge in [0.15, 0.2) is 0 Å². The number of nitrogens with one attached hydrogen (secondary N) is 1. The molecule has 2 aromatic heterocycles. The van der Waals surface area contributed by atoms with Crippen LogP contribution in [0.4, 0.5) is 5.82 Å². The number of rotatable bonds is 4. The van der Waals surface area contributed by atoms with Crippen LogP contribution in [0.15, 0.2) is 36.5 Å². The van der Waals surface area contributed by atoms with E-state index < -0.39 is 0 Å². The molecule has 0 bridgehead atoms. The summed E-state index contributed by atoms with van der Waals surface area (Å²) in [6.07, 6.45) is 4.06. The van der Waals surface area contributed by atoms with Gasteiger partial charge < -0.3 is 14.6 Å². The molecule has 1 aliphatic rings. The molecule has 136 valence electrons. The molecular weight excluding hydrogens is 328 g/mol. The van der Waals surface area contributed by atoms with Crippen LogP contribution in [0, 0.1) is 0 Å². The fourth-order valence-corrected chi connectivity index (χ4v) is 3.65. The van der Waals surface area contributed by atoms with Crippen LogP contribution in [0.1, 0.15) is 41.7 Å². The van der Waals surface area contributed by atoms with E-state index in [0.29, 0.717) is 23.9 Å². The second-order valence-corrected chi connectivity index (χ2v) is 6.79. The second kappa shape index (κ2) is 6.96. The van der Waals surface area contributed by atoms with Crippen LogP contribution in [0.3, 0.4) is 0 Å². The number of aromatic nitrogens is 3. The Bertz CT molecular complexity index is 935. The number of carbonyl (C=O) groups excluding carboxylic acids is 1. The number of anilines is 1. The van der Waals surface area contributed by atoms with Crippen LogP contribution in [0.2, 0.25) is 0 Å². The van der Waals surface area contributed by atoms with Crippen LogP contribution in [0.25, 0.3) is 10.9 Å². The maximum Gasteiger partial charge on any atom is 0.258 e. The Hall–Kier alpha value is -2.60. The molecule has 6 heteroatoms. The van der Waals surface area contributed by atoms with E-state index in [4.69, 9.17) is 4.74 Å². The first-order valence-electron chi connectivity index (χ1n) is 9.18. The zero-order valence-electron chi connectivity index (χ0n) is 15.2. The van der Waals surface area contributed by atoms with E-state index in [1.807, 2.05) is 43.6 Å². The number of nitrogens with zero attached hydrogens (tertiary/aromatic N) is 3. The summed E-state index contributed by atoms with van der Waals surface area (Å²) < 4.78 is 9.39. The van der Waals surface area contributed by atoms with Crippen molar-refractivity contribution in [1.29, 1.82) is 0 Å². The zero-order valence-corrected chi connectivity index (χ0v) is 15.2. The van der Waals surface area contributed by atoms with Gasteiger partial charge in [-0.15, -0.1) is 0 Å². The van der Waals surface area contributed by atoms with E-state index >= 15 is 0 Å². The van der Waals surface area contributed by atoms with Gasteiger partial charge in [-0.2, -0.15) is 5.10 Å². The Balaban J connectivity index is 1.60. The van der Waals surface area contributed by atoms with Crippen molar-refractivity contribution < 1.29 is 9.53 Å². The molecule has 0 radical (unpaired) electrons. The number of para-hydroxylation sites is 1. The molecule has 0 saturated carbocycles. The van der Waals surface area contributed by atoms with Crippen LogP contribution < -0.4 is 5.32 Å². The SMILES string of the molecule is CCn1cc(C(=O)Nc2cc(C3CCCOC3)nn2C)c2ccccc21. The van der Waals surface area contributed by atoms with E-state index in [2.05, 4.69) is 21.9 Å². The smallest absolute Gasteiger partial charge is 0.258 e. The summed E-state index contributed by atoms with van der Waals surface area (Å²) in [4.78, 5) is 12.9. The number of hydrogen-bond donors (Lipinski definition) is 1. The van der Waals surface area contributed by atoms with Crippen molar-refractivity contribution in [3.05, 3.63) is 47.8 Å². The highest BCUT2D eigenvalue weighted by atomic mass is 16.5. The van der Waals surface area contributed by atoms with Crippen LogP contribution in [-0.4, -0.2) is 33.5 Å². The van der Waals surface area contributed by atoms with Crippen molar-refractivity contribution in [2.24, 2.45) is 7.05 Å².